The summed E-state index contributed by atoms with van der Waals surface area (Å²) in [6.45, 7) is 0. The number of anilines is 1. The van der Waals surface area contributed by atoms with E-state index in [1.807, 2.05) is 0 Å². The molecule has 150 valence electrons. The minimum absolute atomic E-state index is 0.0568. The number of hydrogen-bond donors (Lipinski definition) is 1. The Kier molecular flexibility index (Phi) is 6.02. The number of esters is 1. The molecule has 0 aliphatic heterocycles. The van der Waals surface area contributed by atoms with E-state index in [0.29, 0.717) is 11.1 Å². The number of thioether (sulfide) groups is 1. The molecule has 1 heterocycles. The number of alkyl halides is 3. The number of benzene rings is 2. The number of rotatable bonds is 5. The van der Waals surface area contributed by atoms with Gasteiger partial charge in [-0.05, 0) is 24.3 Å². The molecule has 3 aromatic rings. The molecule has 0 unspecified atom stereocenters. The van der Waals surface area contributed by atoms with Crippen molar-refractivity contribution in [1.82, 2.24) is 9.97 Å². The van der Waals surface area contributed by atoms with Gasteiger partial charge in [0.15, 0.2) is 0 Å². The summed E-state index contributed by atoms with van der Waals surface area (Å²) in [5.41, 5.74) is 0.764. The number of ether oxygens (including phenoxy) is 1. The van der Waals surface area contributed by atoms with Crippen molar-refractivity contribution >= 4 is 40.2 Å². The molecule has 3 rings (SSSR count). The second-order valence-electron chi connectivity index (χ2n) is 5.78. The molecule has 0 fully saturated rings. The number of carbonyl (C=O) groups is 2. The molecule has 1 aromatic heterocycles. The summed E-state index contributed by atoms with van der Waals surface area (Å²) >= 11 is 0.868. The molecule has 0 aliphatic rings. The van der Waals surface area contributed by atoms with E-state index in [9.17, 15) is 22.8 Å². The summed E-state index contributed by atoms with van der Waals surface area (Å²) in [5, 5.41) is 3.07. The Morgan fingerprint density at radius 1 is 1.10 bits per heavy atom. The fourth-order valence-corrected chi connectivity index (χ4v) is 3.28. The topological polar surface area (TPSA) is 81.2 Å². The van der Waals surface area contributed by atoms with Crippen LogP contribution in [0.25, 0.3) is 10.9 Å². The summed E-state index contributed by atoms with van der Waals surface area (Å²) in [6, 6.07) is 12.4. The van der Waals surface area contributed by atoms with Crippen molar-refractivity contribution in [3.8, 4) is 0 Å². The van der Waals surface area contributed by atoms with Crippen molar-refractivity contribution in [2.75, 3.05) is 18.2 Å². The van der Waals surface area contributed by atoms with Gasteiger partial charge >= 0.3 is 12.1 Å². The van der Waals surface area contributed by atoms with Crippen molar-refractivity contribution in [2.45, 2.75) is 11.2 Å². The lowest BCUT2D eigenvalue weighted by molar-refractivity contribution is -0.145. The van der Waals surface area contributed by atoms with E-state index < -0.39 is 23.9 Å². The first-order chi connectivity index (χ1) is 13.8. The Balaban J connectivity index is 1.77. The molecule has 0 saturated carbocycles. The largest absolute Gasteiger partial charge is 0.465 e. The highest BCUT2D eigenvalue weighted by molar-refractivity contribution is 8.00. The maximum Gasteiger partial charge on any atom is 0.451 e. The number of fused-ring (bicyclic) bond motifs is 1. The lowest BCUT2D eigenvalue weighted by Gasteiger charge is -2.10. The van der Waals surface area contributed by atoms with Crippen LogP contribution in [-0.4, -0.2) is 34.7 Å². The quantitative estimate of drug-likeness (QED) is 0.378. The molecular weight excluding hydrogens is 407 g/mol. The average Bonchev–Trinajstić information content (AvgIpc) is 2.70. The van der Waals surface area contributed by atoms with Gasteiger partial charge in [-0.25, -0.2) is 14.8 Å². The zero-order valence-electron chi connectivity index (χ0n) is 15.0. The van der Waals surface area contributed by atoms with Gasteiger partial charge in [-0.2, -0.15) is 13.2 Å². The minimum atomic E-state index is -4.70. The molecule has 0 radical (unpaired) electrons. The minimum Gasteiger partial charge on any atom is -0.465 e. The standard InChI is InChI=1S/C19H14F3N3O3S/c1-28-17(27)11-5-4-6-12(9-11)23-15(26)10-29-16-13-7-2-3-8-14(13)24-18(25-16)19(20,21)22/h2-9H,10H2,1H3,(H,23,26). The van der Waals surface area contributed by atoms with Crippen LogP contribution in [-0.2, 0) is 15.7 Å². The number of methoxy groups -OCH3 is 1. The zero-order valence-corrected chi connectivity index (χ0v) is 15.8. The molecule has 29 heavy (non-hydrogen) atoms. The highest BCUT2D eigenvalue weighted by atomic mass is 32.2. The molecule has 1 N–H and O–H groups in total. The van der Waals surface area contributed by atoms with Crippen molar-refractivity contribution < 1.29 is 27.5 Å². The molecule has 0 spiro atoms. The molecule has 1 amide bonds. The van der Waals surface area contributed by atoms with Gasteiger partial charge in [0, 0.05) is 11.1 Å². The van der Waals surface area contributed by atoms with E-state index >= 15 is 0 Å². The van der Waals surface area contributed by atoms with Crippen LogP contribution in [0.15, 0.2) is 53.6 Å². The number of nitrogens with one attached hydrogen (secondary N) is 1. The second-order valence-corrected chi connectivity index (χ2v) is 6.74. The van der Waals surface area contributed by atoms with Gasteiger partial charge in [0.2, 0.25) is 11.7 Å². The van der Waals surface area contributed by atoms with Crippen molar-refractivity contribution in [2.24, 2.45) is 0 Å². The maximum absolute atomic E-state index is 13.1. The number of nitrogens with zero attached hydrogens (tertiary/aromatic N) is 2. The molecule has 0 atom stereocenters. The average molecular weight is 421 g/mol. The third kappa shape index (κ3) is 5.02. The van der Waals surface area contributed by atoms with Crippen molar-refractivity contribution in [3.05, 3.63) is 59.9 Å². The Morgan fingerprint density at radius 2 is 1.86 bits per heavy atom. The highest BCUT2D eigenvalue weighted by Crippen LogP contribution is 2.32. The molecule has 0 aliphatic carbocycles. The molecule has 0 bridgehead atoms. The summed E-state index contributed by atoms with van der Waals surface area (Å²) < 4.78 is 43.8. The van der Waals surface area contributed by atoms with E-state index in [-0.39, 0.29) is 21.9 Å². The number of carbonyl (C=O) groups excluding carboxylic acids is 2. The molecule has 10 heteroatoms. The van der Waals surface area contributed by atoms with E-state index in [4.69, 9.17) is 0 Å². The van der Waals surface area contributed by atoms with Crippen LogP contribution >= 0.6 is 11.8 Å². The van der Waals surface area contributed by atoms with Gasteiger partial charge in [0.05, 0.1) is 23.9 Å². The van der Waals surface area contributed by atoms with Gasteiger partial charge in [0.1, 0.15) is 5.03 Å². The van der Waals surface area contributed by atoms with E-state index in [1.165, 1.54) is 25.3 Å². The van der Waals surface area contributed by atoms with Crippen LogP contribution in [0.3, 0.4) is 0 Å². The van der Waals surface area contributed by atoms with Crippen LogP contribution in [0.2, 0.25) is 0 Å². The maximum atomic E-state index is 13.1. The number of para-hydroxylation sites is 1. The van der Waals surface area contributed by atoms with Crippen LogP contribution in [0.1, 0.15) is 16.2 Å². The third-order valence-electron chi connectivity index (χ3n) is 3.73. The Labute approximate surface area is 167 Å². The summed E-state index contributed by atoms with van der Waals surface area (Å²) in [4.78, 5) is 30.9. The van der Waals surface area contributed by atoms with E-state index in [1.54, 1.807) is 30.3 Å². The third-order valence-corrected chi connectivity index (χ3v) is 4.72. The lowest BCUT2D eigenvalue weighted by atomic mass is 10.2. The van der Waals surface area contributed by atoms with Crippen molar-refractivity contribution in [3.63, 3.8) is 0 Å². The number of hydrogen-bond acceptors (Lipinski definition) is 6. The SMILES string of the molecule is COC(=O)c1cccc(NC(=O)CSc2nc(C(F)(F)F)nc3ccccc23)c1. The van der Waals surface area contributed by atoms with Crippen LogP contribution in [0.4, 0.5) is 18.9 Å². The van der Waals surface area contributed by atoms with Gasteiger partial charge in [-0.3, -0.25) is 4.79 Å². The zero-order chi connectivity index (χ0) is 21.0. The molecule has 0 saturated heterocycles. The summed E-state index contributed by atoms with van der Waals surface area (Å²) in [7, 11) is 1.24. The fourth-order valence-electron chi connectivity index (χ4n) is 2.46. The number of amides is 1. The first-order valence-corrected chi connectivity index (χ1v) is 9.21. The first kappa shape index (κ1) is 20.6. The second kappa shape index (κ2) is 8.48. The van der Waals surface area contributed by atoms with Crippen molar-refractivity contribution in [1.29, 1.82) is 0 Å². The predicted octanol–water partition coefficient (Wildman–Crippen LogP) is 4.17. The molecular formula is C19H14F3N3O3S. The summed E-state index contributed by atoms with van der Waals surface area (Å²) in [6.07, 6.45) is -4.70. The lowest BCUT2D eigenvalue weighted by Crippen LogP contribution is -2.15. The predicted molar refractivity (Wildman–Crippen MR) is 102 cm³/mol. The van der Waals surface area contributed by atoms with Crippen LogP contribution < -0.4 is 5.32 Å². The summed E-state index contributed by atoms with van der Waals surface area (Å²) in [5.74, 6) is -2.46. The normalized spacial score (nSPS) is 11.3. The smallest absolute Gasteiger partial charge is 0.451 e. The molecule has 6 nitrogen and oxygen atoms in total. The van der Waals surface area contributed by atoms with Gasteiger partial charge in [0.25, 0.3) is 0 Å². The highest BCUT2D eigenvalue weighted by Gasteiger charge is 2.35. The van der Waals surface area contributed by atoms with Gasteiger partial charge in [-0.1, -0.05) is 36.0 Å². The van der Waals surface area contributed by atoms with Gasteiger partial charge in [-0.15, -0.1) is 0 Å². The van der Waals surface area contributed by atoms with E-state index in [0.717, 1.165) is 11.8 Å². The van der Waals surface area contributed by atoms with E-state index in [2.05, 4.69) is 20.0 Å². The Hall–Kier alpha value is -3.14. The van der Waals surface area contributed by atoms with Gasteiger partial charge < -0.3 is 10.1 Å². The Bertz CT molecular complexity index is 1070. The van der Waals surface area contributed by atoms with Crippen LogP contribution in [0, 0.1) is 0 Å². The monoisotopic (exact) mass is 421 g/mol. The number of aromatic nitrogens is 2. The Morgan fingerprint density at radius 3 is 2.59 bits per heavy atom. The number of halogens is 3. The first-order valence-electron chi connectivity index (χ1n) is 8.23. The molecule has 2 aromatic carbocycles. The van der Waals surface area contributed by atoms with Crippen LogP contribution in [0.5, 0.6) is 0 Å². The fraction of sp³-hybridized carbons (Fsp3) is 0.158.